The molecule has 0 aliphatic heterocycles. The quantitative estimate of drug-likeness (QED) is 0.683. The molecule has 0 saturated carbocycles. The number of aromatic nitrogens is 1. The van der Waals surface area contributed by atoms with Crippen molar-refractivity contribution in [2.45, 2.75) is 25.9 Å². The molecule has 21 heavy (non-hydrogen) atoms. The van der Waals surface area contributed by atoms with E-state index in [-0.39, 0.29) is 0 Å². The molecule has 0 fully saturated rings. The second-order valence-corrected chi connectivity index (χ2v) is 5.27. The first kappa shape index (κ1) is 16.0. The Morgan fingerprint density at radius 3 is 2.71 bits per heavy atom. The van der Waals surface area contributed by atoms with Crippen molar-refractivity contribution in [3.8, 4) is 0 Å². The predicted molar refractivity (Wildman–Crippen MR) is 86.6 cm³/mol. The third-order valence-electron chi connectivity index (χ3n) is 3.64. The number of hydrogen-bond donors (Lipinski definition) is 1. The van der Waals surface area contributed by atoms with Gasteiger partial charge in [0.25, 0.3) is 0 Å². The maximum absolute atomic E-state index is 5.09. The van der Waals surface area contributed by atoms with Crippen molar-refractivity contribution in [3.63, 3.8) is 0 Å². The van der Waals surface area contributed by atoms with Crippen LogP contribution in [-0.4, -0.2) is 38.5 Å². The van der Waals surface area contributed by atoms with E-state index >= 15 is 0 Å². The van der Waals surface area contributed by atoms with Crippen LogP contribution in [0.3, 0.4) is 0 Å². The molecule has 1 aromatic carbocycles. The van der Waals surface area contributed by atoms with Gasteiger partial charge >= 0.3 is 0 Å². The van der Waals surface area contributed by atoms with Gasteiger partial charge < -0.3 is 19.4 Å². The third kappa shape index (κ3) is 4.84. The molecule has 0 radical (unpaired) electrons. The molecule has 4 nitrogen and oxygen atoms in total. The van der Waals surface area contributed by atoms with Crippen LogP contribution in [-0.2, 0) is 22.6 Å². The summed E-state index contributed by atoms with van der Waals surface area (Å²) in [5.74, 6) is 0. The highest BCUT2D eigenvalue weighted by molar-refractivity contribution is 5.80. The average Bonchev–Trinajstić information content (AvgIpc) is 2.91. The van der Waals surface area contributed by atoms with Crippen molar-refractivity contribution >= 4 is 10.9 Å². The number of rotatable bonds is 10. The molecule has 2 aromatic rings. The SMILES string of the molecule is COCCCCn1ccc2cc(CNCCOC)ccc21. The molecule has 1 N–H and O–H groups in total. The first-order valence-corrected chi connectivity index (χ1v) is 7.61. The Balaban J connectivity index is 1.91. The minimum atomic E-state index is 0.750. The summed E-state index contributed by atoms with van der Waals surface area (Å²) in [6, 6.07) is 8.89. The molecule has 1 heterocycles. The minimum absolute atomic E-state index is 0.750. The summed E-state index contributed by atoms with van der Waals surface area (Å²) in [5, 5.41) is 4.69. The molecule has 0 aliphatic rings. The smallest absolute Gasteiger partial charge is 0.0587 e. The van der Waals surface area contributed by atoms with E-state index < -0.39 is 0 Å². The van der Waals surface area contributed by atoms with E-state index in [1.807, 2.05) is 0 Å². The van der Waals surface area contributed by atoms with Gasteiger partial charge in [-0.2, -0.15) is 0 Å². The zero-order valence-electron chi connectivity index (χ0n) is 13.1. The maximum Gasteiger partial charge on any atom is 0.0587 e. The molecule has 0 atom stereocenters. The summed E-state index contributed by atoms with van der Waals surface area (Å²) in [6.07, 6.45) is 4.44. The second kappa shape index (κ2) is 8.82. The van der Waals surface area contributed by atoms with Crippen LogP contribution in [0.25, 0.3) is 10.9 Å². The lowest BCUT2D eigenvalue weighted by Crippen LogP contribution is -2.18. The van der Waals surface area contributed by atoms with Crippen molar-refractivity contribution in [2.24, 2.45) is 0 Å². The standard InChI is InChI=1S/C17H26N2O2/c1-20-11-4-3-9-19-10-7-16-13-15(5-6-17(16)19)14-18-8-12-21-2/h5-7,10,13,18H,3-4,8-9,11-12,14H2,1-2H3. The van der Waals surface area contributed by atoms with Crippen molar-refractivity contribution in [1.29, 1.82) is 0 Å². The van der Waals surface area contributed by atoms with Crippen LogP contribution in [0.2, 0.25) is 0 Å². The largest absolute Gasteiger partial charge is 0.385 e. The number of methoxy groups -OCH3 is 2. The normalized spacial score (nSPS) is 11.3. The van der Waals surface area contributed by atoms with Gasteiger partial charge in [-0.05, 0) is 42.0 Å². The van der Waals surface area contributed by atoms with Gasteiger partial charge in [0.1, 0.15) is 0 Å². The summed E-state index contributed by atoms with van der Waals surface area (Å²) in [5.41, 5.74) is 2.63. The van der Waals surface area contributed by atoms with Gasteiger partial charge in [-0.25, -0.2) is 0 Å². The summed E-state index contributed by atoms with van der Waals surface area (Å²) in [7, 11) is 3.48. The zero-order chi connectivity index (χ0) is 14.9. The van der Waals surface area contributed by atoms with Gasteiger partial charge in [-0.1, -0.05) is 6.07 Å². The summed E-state index contributed by atoms with van der Waals surface area (Å²) >= 11 is 0. The second-order valence-electron chi connectivity index (χ2n) is 5.27. The first-order valence-electron chi connectivity index (χ1n) is 7.61. The lowest BCUT2D eigenvalue weighted by atomic mass is 10.1. The Morgan fingerprint density at radius 1 is 1.05 bits per heavy atom. The van der Waals surface area contributed by atoms with Crippen LogP contribution in [0.4, 0.5) is 0 Å². The van der Waals surface area contributed by atoms with Gasteiger partial charge in [0, 0.05) is 52.2 Å². The van der Waals surface area contributed by atoms with Crippen molar-refractivity contribution in [2.75, 3.05) is 34.0 Å². The lowest BCUT2D eigenvalue weighted by Gasteiger charge is -2.07. The van der Waals surface area contributed by atoms with E-state index in [1.165, 1.54) is 16.5 Å². The predicted octanol–water partition coefficient (Wildman–Crippen LogP) is 2.80. The van der Waals surface area contributed by atoms with Crippen LogP contribution < -0.4 is 5.32 Å². The van der Waals surface area contributed by atoms with Crippen LogP contribution in [0.5, 0.6) is 0 Å². The Bertz CT molecular complexity index is 537. The molecule has 0 amide bonds. The fourth-order valence-corrected chi connectivity index (χ4v) is 2.49. The van der Waals surface area contributed by atoms with Gasteiger partial charge in [0.15, 0.2) is 0 Å². The van der Waals surface area contributed by atoms with Crippen molar-refractivity contribution in [3.05, 3.63) is 36.0 Å². The topological polar surface area (TPSA) is 35.4 Å². The molecule has 116 valence electrons. The van der Waals surface area contributed by atoms with Gasteiger partial charge in [0.2, 0.25) is 0 Å². The molecular weight excluding hydrogens is 264 g/mol. The molecule has 0 unspecified atom stereocenters. The monoisotopic (exact) mass is 290 g/mol. The van der Waals surface area contributed by atoms with Crippen molar-refractivity contribution in [1.82, 2.24) is 9.88 Å². The highest BCUT2D eigenvalue weighted by Gasteiger charge is 2.02. The van der Waals surface area contributed by atoms with E-state index in [4.69, 9.17) is 9.47 Å². The number of ether oxygens (including phenoxy) is 2. The Morgan fingerprint density at radius 2 is 1.90 bits per heavy atom. The molecule has 1 aromatic heterocycles. The Kier molecular flexibility index (Phi) is 6.73. The number of nitrogens with one attached hydrogen (secondary N) is 1. The fourth-order valence-electron chi connectivity index (χ4n) is 2.49. The third-order valence-corrected chi connectivity index (χ3v) is 3.64. The van der Waals surface area contributed by atoms with E-state index in [1.54, 1.807) is 14.2 Å². The molecular formula is C17H26N2O2. The summed E-state index contributed by atoms with van der Waals surface area (Å²) < 4.78 is 12.5. The van der Waals surface area contributed by atoms with Gasteiger partial charge in [0.05, 0.1) is 6.61 Å². The number of benzene rings is 1. The number of unbranched alkanes of at least 4 members (excludes halogenated alkanes) is 1. The van der Waals surface area contributed by atoms with Gasteiger partial charge in [-0.3, -0.25) is 0 Å². The Labute approximate surface area is 127 Å². The molecule has 4 heteroatoms. The molecule has 0 bridgehead atoms. The van der Waals surface area contributed by atoms with E-state index in [0.29, 0.717) is 0 Å². The van der Waals surface area contributed by atoms with Crippen LogP contribution in [0, 0.1) is 0 Å². The molecule has 2 rings (SSSR count). The first-order chi connectivity index (χ1) is 10.3. The average molecular weight is 290 g/mol. The zero-order valence-corrected chi connectivity index (χ0v) is 13.1. The number of nitrogens with zero attached hydrogens (tertiary/aromatic N) is 1. The number of aryl methyl sites for hydroxylation is 1. The minimum Gasteiger partial charge on any atom is -0.385 e. The molecule has 0 aliphatic carbocycles. The van der Waals surface area contributed by atoms with E-state index in [0.717, 1.165) is 45.7 Å². The summed E-state index contributed by atoms with van der Waals surface area (Å²) in [6.45, 7) is 4.42. The highest BCUT2D eigenvalue weighted by atomic mass is 16.5. The van der Waals surface area contributed by atoms with Crippen LogP contribution in [0.15, 0.2) is 30.5 Å². The van der Waals surface area contributed by atoms with Crippen LogP contribution in [0.1, 0.15) is 18.4 Å². The van der Waals surface area contributed by atoms with Gasteiger partial charge in [-0.15, -0.1) is 0 Å². The lowest BCUT2D eigenvalue weighted by molar-refractivity contribution is 0.191. The maximum atomic E-state index is 5.09. The molecule has 0 saturated heterocycles. The van der Waals surface area contributed by atoms with Crippen LogP contribution >= 0.6 is 0 Å². The number of fused-ring (bicyclic) bond motifs is 1. The Hall–Kier alpha value is -1.36. The molecule has 0 spiro atoms. The van der Waals surface area contributed by atoms with E-state index in [9.17, 15) is 0 Å². The summed E-state index contributed by atoms with van der Waals surface area (Å²) in [4.78, 5) is 0. The van der Waals surface area contributed by atoms with E-state index in [2.05, 4.69) is 40.3 Å². The van der Waals surface area contributed by atoms with Crippen molar-refractivity contribution < 1.29 is 9.47 Å². The number of hydrogen-bond acceptors (Lipinski definition) is 3. The highest BCUT2D eigenvalue weighted by Crippen LogP contribution is 2.18. The fraction of sp³-hybridized carbons (Fsp3) is 0.529.